The van der Waals surface area contributed by atoms with Gasteiger partial charge in [-0.25, -0.2) is 0 Å². The first-order valence-corrected chi connectivity index (χ1v) is 11.7. The Bertz CT molecular complexity index is 582. The van der Waals surface area contributed by atoms with Gasteiger partial charge in [0.1, 0.15) is 6.29 Å². The Labute approximate surface area is 188 Å². The van der Waals surface area contributed by atoms with Crippen molar-refractivity contribution in [3.05, 3.63) is 0 Å². The molecule has 0 aromatic carbocycles. The van der Waals surface area contributed by atoms with Crippen molar-refractivity contribution in [1.82, 2.24) is 9.80 Å². The van der Waals surface area contributed by atoms with Crippen LogP contribution in [-0.4, -0.2) is 80.0 Å². The van der Waals surface area contributed by atoms with E-state index in [4.69, 9.17) is 9.47 Å². The van der Waals surface area contributed by atoms with Crippen molar-refractivity contribution in [2.75, 3.05) is 27.8 Å². The monoisotopic (exact) mass is 440 g/mol. The molecule has 1 fully saturated rings. The van der Waals surface area contributed by atoms with Gasteiger partial charge in [-0.05, 0) is 24.7 Å². The lowest BCUT2D eigenvalue weighted by molar-refractivity contribution is -0.145. The second-order valence-electron chi connectivity index (χ2n) is 9.45. The molecule has 6 atom stereocenters. The molecule has 0 aromatic rings. The van der Waals surface area contributed by atoms with Crippen LogP contribution in [0.2, 0.25) is 0 Å². The quantitative estimate of drug-likeness (QED) is 0.411. The molecule has 2 amide bonds. The Morgan fingerprint density at radius 1 is 1.13 bits per heavy atom. The largest absolute Gasteiger partial charge is 0.379 e. The molecule has 7 nitrogen and oxygen atoms in total. The highest BCUT2D eigenvalue weighted by Gasteiger charge is 2.40. The molecule has 1 aliphatic heterocycles. The van der Waals surface area contributed by atoms with Gasteiger partial charge in [-0.15, -0.1) is 0 Å². The standard InChI is InChI=1S/C24H44N2O5/c1-9-17(4)23(25(6)21(28)13-16(2)3)20(30-7)14-22(29)26-12-10-11-19(26)24(31-8)18(5)15-27/h15-20,23-24H,9-14H2,1-8H3/t17?,18?,19-,20?,23?,24?/m0/s1. The summed E-state index contributed by atoms with van der Waals surface area (Å²) in [4.78, 5) is 41.1. The van der Waals surface area contributed by atoms with Gasteiger partial charge in [0, 0.05) is 40.2 Å². The minimum Gasteiger partial charge on any atom is -0.379 e. The second kappa shape index (κ2) is 13.2. The summed E-state index contributed by atoms with van der Waals surface area (Å²) in [5.41, 5.74) is 0. The highest BCUT2D eigenvalue weighted by Crippen LogP contribution is 2.28. The van der Waals surface area contributed by atoms with E-state index in [2.05, 4.69) is 13.8 Å². The number of methoxy groups -OCH3 is 2. The fraction of sp³-hybridized carbons (Fsp3) is 0.875. The number of likely N-dealkylation sites (tertiary alicyclic amines) is 1. The summed E-state index contributed by atoms with van der Waals surface area (Å²) < 4.78 is 11.4. The van der Waals surface area contributed by atoms with Gasteiger partial charge in [0.2, 0.25) is 11.8 Å². The Morgan fingerprint density at radius 2 is 1.77 bits per heavy atom. The first kappa shape index (κ1) is 27.6. The molecule has 1 heterocycles. The number of rotatable bonds is 13. The number of likely N-dealkylation sites (N-methyl/N-ethyl adjacent to an activating group) is 1. The van der Waals surface area contributed by atoms with Crippen molar-refractivity contribution in [3.8, 4) is 0 Å². The Hall–Kier alpha value is -1.47. The van der Waals surface area contributed by atoms with Gasteiger partial charge in [0.05, 0.1) is 30.7 Å². The third kappa shape index (κ3) is 7.28. The molecule has 5 unspecified atom stereocenters. The SMILES string of the molecule is CCC(C)C(C(CC(=O)N1CCC[C@H]1C(OC)C(C)C=O)OC)N(C)C(=O)CC(C)C. The Balaban J connectivity index is 3.03. The molecule has 0 saturated carbocycles. The van der Waals surface area contributed by atoms with Crippen molar-refractivity contribution in [2.45, 2.75) is 91.0 Å². The van der Waals surface area contributed by atoms with Crippen molar-refractivity contribution in [1.29, 1.82) is 0 Å². The summed E-state index contributed by atoms with van der Waals surface area (Å²) in [6, 6.07) is -0.295. The smallest absolute Gasteiger partial charge is 0.225 e. The number of carbonyl (C=O) groups is 3. The van der Waals surface area contributed by atoms with E-state index in [-0.39, 0.29) is 54.2 Å². The van der Waals surface area contributed by atoms with E-state index in [1.165, 1.54) is 0 Å². The van der Waals surface area contributed by atoms with Crippen molar-refractivity contribution in [2.24, 2.45) is 17.8 Å². The normalized spacial score (nSPS) is 21.5. The van der Waals surface area contributed by atoms with E-state index in [9.17, 15) is 14.4 Å². The zero-order valence-corrected chi connectivity index (χ0v) is 20.8. The highest BCUT2D eigenvalue weighted by atomic mass is 16.5. The minimum atomic E-state index is -0.394. The predicted molar refractivity (Wildman–Crippen MR) is 122 cm³/mol. The topological polar surface area (TPSA) is 76.2 Å². The Kier molecular flexibility index (Phi) is 11.7. The molecule has 0 aromatic heterocycles. The number of ether oxygens (including phenoxy) is 2. The van der Waals surface area contributed by atoms with Crippen molar-refractivity contribution >= 4 is 18.1 Å². The molecular weight excluding hydrogens is 396 g/mol. The number of aldehydes is 1. The van der Waals surface area contributed by atoms with E-state index in [0.717, 1.165) is 25.5 Å². The van der Waals surface area contributed by atoms with Gasteiger partial charge >= 0.3 is 0 Å². The summed E-state index contributed by atoms with van der Waals surface area (Å²) in [5.74, 6) is 0.247. The van der Waals surface area contributed by atoms with Crippen LogP contribution in [0.1, 0.15) is 66.7 Å². The third-order valence-electron chi connectivity index (χ3n) is 6.71. The molecule has 31 heavy (non-hydrogen) atoms. The number of amides is 2. The van der Waals surface area contributed by atoms with Crippen LogP contribution in [-0.2, 0) is 23.9 Å². The third-order valence-corrected chi connectivity index (χ3v) is 6.71. The minimum absolute atomic E-state index is 0.00693. The van der Waals surface area contributed by atoms with E-state index >= 15 is 0 Å². The summed E-state index contributed by atoms with van der Waals surface area (Å²) in [6.07, 6.45) is 3.45. The lowest BCUT2D eigenvalue weighted by Crippen LogP contribution is -2.52. The molecule has 180 valence electrons. The maximum atomic E-state index is 13.3. The lowest BCUT2D eigenvalue weighted by atomic mass is 9.90. The van der Waals surface area contributed by atoms with E-state index < -0.39 is 6.10 Å². The first-order valence-electron chi connectivity index (χ1n) is 11.7. The predicted octanol–water partition coefficient (Wildman–Crippen LogP) is 3.15. The molecule has 1 aliphatic rings. The molecule has 1 saturated heterocycles. The van der Waals surface area contributed by atoms with Crippen molar-refractivity contribution < 1.29 is 23.9 Å². The second-order valence-corrected chi connectivity index (χ2v) is 9.45. The van der Waals surface area contributed by atoms with E-state index in [0.29, 0.717) is 13.0 Å². The van der Waals surface area contributed by atoms with Crippen LogP contribution in [0.4, 0.5) is 0 Å². The lowest BCUT2D eigenvalue weighted by Gasteiger charge is -2.39. The maximum absolute atomic E-state index is 13.3. The number of hydrogen-bond acceptors (Lipinski definition) is 5. The molecule has 0 spiro atoms. The molecule has 7 heteroatoms. The maximum Gasteiger partial charge on any atom is 0.225 e. The number of hydrogen-bond donors (Lipinski definition) is 0. The zero-order valence-electron chi connectivity index (χ0n) is 20.8. The average Bonchev–Trinajstić information content (AvgIpc) is 3.22. The highest BCUT2D eigenvalue weighted by molar-refractivity contribution is 5.79. The Morgan fingerprint density at radius 3 is 2.26 bits per heavy atom. The van der Waals surface area contributed by atoms with Crippen LogP contribution in [0.15, 0.2) is 0 Å². The fourth-order valence-electron chi connectivity index (χ4n) is 4.77. The van der Waals surface area contributed by atoms with E-state index in [1.807, 2.05) is 32.7 Å². The van der Waals surface area contributed by atoms with Crippen LogP contribution in [0.25, 0.3) is 0 Å². The number of carbonyl (C=O) groups excluding carboxylic acids is 3. The van der Waals surface area contributed by atoms with E-state index in [1.54, 1.807) is 19.1 Å². The molecule has 0 N–H and O–H groups in total. The zero-order chi connectivity index (χ0) is 23.7. The fourth-order valence-corrected chi connectivity index (χ4v) is 4.77. The van der Waals surface area contributed by atoms with Gasteiger partial charge in [-0.1, -0.05) is 41.0 Å². The summed E-state index contributed by atoms with van der Waals surface area (Å²) >= 11 is 0. The van der Waals surface area contributed by atoms with Crippen molar-refractivity contribution in [3.63, 3.8) is 0 Å². The molecule has 0 radical (unpaired) electrons. The van der Waals surface area contributed by atoms with Crippen LogP contribution >= 0.6 is 0 Å². The van der Waals surface area contributed by atoms with Crippen LogP contribution in [0.5, 0.6) is 0 Å². The summed E-state index contributed by atoms with van der Waals surface area (Å²) in [6.45, 7) is 10.7. The van der Waals surface area contributed by atoms with Gasteiger partial charge in [-0.3, -0.25) is 9.59 Å². The average molecular weight is 441 g/mol. The van der Waals surface area contributed by atoms with Crippen LogP contribution in [0, 0.1) is 17.8 Å². The summed E-state index contributed by atoms with van der Waals surface area (Å²) in [7, 11) is 5.03. The van der Waals surface area contributed by atoms with Crippen LogP contribution < -0.4 is 0 Å². The molecule has 0 aliphatic carbocycles. The van der Waals surface area contributed by atoms with Gasteiger partial charge in [0.15, 0.2) is 0 Å². The first-order chi connectivity index (χ1) is 14.6. The molecular formula is C24H44N2O5. The number of nitrogens with zero attached hydrogens (tertiary/aromatic N) is 2. The van der Waals surface area contributed by atoms with Gasteiger partial charge < -0.3 is 24.1 Å². The van der Waals surface area contributed by atoms with Crippen LogP contribution in [0.3, 0.4) is 0 Å². The van der Waals surface area contributed by atoms with Gasteiger partial charge in [-0.2, -0.15) is 0 Å². The van der Waals surface area contributed by atoms with Gasteiger partial charge in [0.25, 0.3) is 0 Å². The summed E-state index contributed by atoms with van der Waals surface area (Å²) in [5, 5.41) is 0. The molecule has 0 bridgehead atoms. The molecule has 1 rings (SSSR count).